The van der Waals surface area contributed by atoms with Crippen molar-refractivity contribution in [2.24, 2.45) is 0 Å². The summed E-state index contributed by atoms with van der Waals surface area (Å²) in [4.78, 5) is 15.3. The number of hydrogen-bond acceptors (Lipinski definition) is 3. The molecule has 8 heteroatoms. The topological polar surface area (TPSA) is 54.5 Å². The SMILES string of the molecule is Cc1cnc2[nH]cc(Cc3cnc(CCc4cnccc4C(F)(F)F)c(F)c3)c2c1. The first-order valence-corrected chi connectivity index (χ1v) is 9.37. The molecule has 1 N–H and O–H groups in total. The van der Waals surface area contributed by atoms with Gasteiger partial charge < -0.3 is 4.98 Å². The predicted octanol–water partition coefficient (Wildman–Crippen LogP) is 5.20. The zero-order chi connectivity index (χ0) is 21.3. The number of fused-ring (bicyclic) bond motifs is 1. The Bertz CT molecular complexity index is 1200. The molecule has 0 atom stereocenters. The molecule has 0 bridgehead atoms. The Morgan fingerprint density at radius 3 is 2.60 bits per heavy atom. The number of H-pyrrole nitrogens is 1. The van der Waals surface area contributed by atoms with Gasteiger partial charge in [-0.05, 0) is 60.2 Å². The quantitative estimate of drug-likeness (QED) is 0.457. The van der Waals surface area contributed by atoms with Gasteiger partial charge in [-0.25, -0.2) is 9.37 Å². The normalized spacial score (nSPS) is 11.9. The molecule has 4 nitrogen and oxygen atoms in total. The highest BCUT2D eigenvalue weighted by atomic mass is 19.4. The maximum absolute atomic E-state index is 14.6. The van der Waals surface area contributed by atoms with Crippen molar-refractivity contribution >= 4 is 11.0 Å². The number of halogens is 4. The van der Waals surface area contributed by atoms with Crippen LogP contribution in [-0.4, -0.2) is 19.9 Å². The van der Waals surface area contributed by atoms with Gasteiger partial charge in [-0.2, -0.15) is 13.2 Å². The van der Waals surface area contributed by atoms with Gasteiger partial charge in [0.05, 0.1) is 11.3 Å². The smallest absolute Gasteiger partial charge is 0.346 e. The minimum atomic E-state index is -4.47. The van der Waals surface area contributed by atoms with Crippen LogP contribution >= 0.6 is 0 Å². The molecule has 0 aliphatic heterocycles. The van der Waals surface area contributed by atoms with Crippen LogP contribution in [0.1, 0.15) is 33.5 Å². The van der Waals surface area contributed by atoms with E-state index in [0.29, 0.717) is 12.0 Å². The third-order valence-electron chi connectivity index (χ3n) is 4.96. The molecule has 0 aliphatic carbocycles. The van der Waals surface area contributed by atoms with E-state index in [9.17, 15) is 17.6 Å². The highest BCUT2D eigenvalue weighted by molar-refractivity contribution is 5.80. The van der Waals surface area contributed by atoms with Crippen LogP contribution in [0.15, 0.2) is 49.2 Å². The number of alkyl halides is 3. The average molecular weight is 414 g/mol. The monoisotopic (exact) mass is 414 g/mol. The summed E-state index contributed by atoms with van der Waals surface area (Å²) in [7, 11) is 0. The van der Waals surface area contributed by atoms with Gasteiger partial charge >= 0.3 is 6.18 Å². The van der Waals surface area contributed by atoms with Crippen molar-refractivity contribution in [1.82, 2.24) is 19.9 Å². The minimum absolute atomic E-state index is 0.000650. The predicted molar refractivity (Wildman–Crippen MR) is 104 cm³/mol. The van der Waals surface area contributed by atoms with Gasteiger partial charge in [0.15, 0.2) is 0 Å². The van der Waals surface area contributed by atoms with Crippen LogP contribution in [0.3, 0.4) is 0 Å². The summed E-state index contributed by atoms with van der Waals surface area (Å²) in [6.07, 6.45) is 3.49. The first-order chi connectivity index (χ1) is 14.3. The van der Waals surface area contributed by atoms with Gasteiger partial charge in [-0.15, -0.1) is 0 Å². The molecule has 154 valence electrons. The fourth-order valence-electron chi connectivity index (χ4n) is 3.47. The van der Waals surface area contributed by atoms with E-state index in [4.69, 9.17) is 0 Å². The van der Waals surface area contributed by atoms with Crippen molar-refractivity contribution < 1.29 is 17.6 Å². The summed E-state index contributed by atoms with van der Waals surface area (Å²) in [5.41, 5.74) is 2.84. The summed E-state index contributed by atoms with van der Waals surface area (Å²) >= 11 is 0. The Balaban J connectivity index is 1.51. The molecular weight excluding hydrogens is 396 g/mol. The van der Waals surface area contributed by atoms with E-state index in [0.717, 1.165) is 34.4 Å². The zero-order valence-electron chi connectivity index (χ0n) is 16.1. The molecule has 4 rings (SSSR count). The van der Waals surface area contributed by atoms with Gasteiger partial charge in [0, 0.05) is 42.8 Å². The number of nitrogens with zero attached hydrogens (tertiary/aromatic N) is 3. The molecule has 30 heavy (non-hydrogen) atoms. The van der Waals surface area contributed by atoms with E-state index >= 15 is 0 Å². The molecule has 0 unspecified atom stereocenters. The lowest BCUT2D eigenvalue weighted by atomic mass is 10.0. The van der Waals surface area contributed by atoms with Gasteiger partial charge in [0.2, 0.25) is 0 Å². The summed E-state index contributed by atoms with van der Waals surface area (Å²) in [6, 6.07) is 4.33. The molecule has 0 spiro atoms. The van der Waals surface area contributed by atoms with Crippen LogP contribution in [-0.2, 0) is 25.4 Å². The number of rotatable bonds is 5. The van der Waals surface area contributed by atoms with Crippen molar-refractivity contribution in [3.05, 3.63) is 88.5 Å². The second-order valence-electron chi connectivity index (χ2n) is 7.20. The molecule has 4 heterocycles. The lowest BCUT2D eigenvalue weighted by molar-refractivity contribution is -0.138. The largest absolute Gasteiger partial charge is 0.416 e. The molecule has 0 saturated heterocycles. The standard InChI is InChI=1S/C22H18F4N4/c1-13-6-17-16(12-30-21(17)29-9-13)7-14-8-19(23)20(28-10-14)3-2-15-11-27-5-4-18(15)22(24,25)26/h4-6,8-12H,2-3,7H2,1H3,(H,29,30). The van der Waals surface area contributed by atoms with Crippen molar-refractivity contribution in [3.63, 3.8) is 0 Å². The molecule has 0 fully saturated rings. The van der Waals surface area contributed by atoms with Crippen LogP contribution in [0.5, 0.6) is 0 Å². The van der Waals surface area contributed by atoms with Crippen molar-refractivity contribution in [3.8, 4) is 0 Å². The van der Waals surface area contributed by atoms with E-state index in [1.165, 1.54) is 12.3 Å². The number of hydrogen-bond donors (Lipinski definition) is 1. The Morgan fingerprint density at radius 2 is 1.83 bits per heavy atom. The van der Waals surface area contributed by atoms with Crippen molar-refractivity contribution in [1.29, 1.82) is 0 Å². The number of aromatic amines is 1. The van der Waals surface area contributed by atoms with Gasteiger partial charge in [0.1, 0.15) is 11.5 Å². The van der Waals surface area contributed by atoms with Crippen LogP contribution in [0.2, 0.25) is 0 Å². The molecule has 0 aromatic carbocycles. The summed E-state index contributed by atoms with van der Waals surface area (Å²) in [6.45, 7) is 1.95. The molecule has 4 aromatic rings. The maximum atomic E-state index is 14.6. The fraction of sp³-hybridized carbons (Fsp3) is 0.227. The Morgan fingerprint density at radius 1 is 1.00 bits per heavy atom. The van der Waals surface area contributed by atoms with E-state index in [-0.39, 0.29) is 24.1 Å². The Labute approximate surface area is 170 Å². The van der Waals surface area contributed by atoms with Crippen LogP contribution in [0.25, 0.3) is 11.0 Å². The van der Waals surface area contributed by atoms with E-state index in [1.54, 1.807) is 12.4 Å². The number of pyridine rings is 3. The number of aryl methyl sites for hydroxylation is 3. The highest BCUT2D eigenvalue weighted by Crippen LogP contribution is 2.32. The molecule has 0 saturated carbocycles. The van der Waals surface area contributed by atoms with Crippen LogP contribution in [0, 0.1) is 12.7 Å². The number of nitrogens with one attached hydrogen (secondary N) is 1. The first-order valence-electron chi connectivity index (χ1n) is 9.37. The molecule has 0 aliphatic rings. The van der Waals surface area contributed by atoms with Crippen molar-refractivity contribution in [2.75, 3.05) is 0 Å². The fourth-order valence-corrected chi connectivity index (χ4v) is 3.47. The third-order valence-corrected chi connectivity index (χ3v) is 4.96. The van der Waals surface area contributed by atoms with E-state index < -0.39 is 17.6 Å². The zero-order valence-corrected chi connectivity index (χ0v) is 16.1. The second-order valence-corrected chi connectivity index (χ2v) is 7.20. The van der Waals surface area contributed by atoms with Crippen LogP contribution < -0.4 is 0 Å². The van der Waals surface area contributed by atoms with Gasteiger partial charge in [0.25, 0.3) is 0 Å². The summed E-state index contributed by atoms with van der Waals surface area (Å²) in [5.74, 6) is -0.529. The number of aromatic nitrogens is 4. The molecule has 0 radical (unpaired) electrons. The molecule has 4 aromatic heterocycles. The minimum Gasteiger partial charge on any atom is -0.346 e. The Hall–Kier alpha value is -3.29. The highest BCUT2D eigenvalue weighted by Gasteiger charge is 2.33. The van der Waals surface area contributed by atoms with E-state index in [1.807, 2.05) is 19.2 Å². The van der Waals surface area contributed by atoms with Gasteiger partial charge in [-0.3, -0.25) is 9.97 Å². The summed E-state index contributed by atoms with van der Waals surface area (Å²) in [5, 5.41) is 0.968. The van der Waals surface area contributed by atoms with Crippen molar-refractivity contribution in [2.45, 2.75) is 32.4 Å². The first kappa shape index (κ1) is 20.0. The molecular formula is C22H18F4N4. The lowest BCUT2D eigenvalue weighted by Gasteiger charge is -2.12. The van der Waals surface area contributed by atoms with E-state index in [2.05, 4.69) is 19.9 Å². The van der Waals surface area contributed by atoms with Crippen LogP contribution in [0.4, 0.5) is 17.6 Å². The lowest BCUT2D eigenvalue weighted by Crippen LogP contribution is -2.11. The third kappa shape index (κ3) is 4.17. The maximum Gasteiger partial charge on any atom is 0.416 e. The summed E-state index contributed by atoms with van der Waals surface area (Å²) < 4.78 is 53.9. The average Bonchev–Trinajstić information content (AvgIpc) is 3.09. The Kier molecular flexibility index (Phi) is 5.24. The second kappa shape index (κ2) is 7.85. The van der Waals surface area contributed by atoms with Gasteiger partial charge in [-0.1, -0.05) is 0 Å². The molecule has 0 amide bonds.